The van der Waals surface area contributed by atoms with Gasteiger partial charge in [-0.05, 0) is 43.6 Å². The molecule has 2 rings (SSSR count). The van der Waals surface area contributed by atoms with Crippen molar-refractivity contribution < 1.29 is 4.74 Å². The van der Waals surface area contributed by atoms with Crippen LogP contribution in [0.1, 0.15) is 25.3 Å². The second kappa shape index (κ2) is 14.0. The van der Waals surface area contributed by atoms with E-state index < -0.39 is 0 Å². The van der Waals surface area contributed by atoms with Gasteiger partial charge in [0.1, 0.15) is 5.75 Å². The van der Waals surface area contributed by atoms with Gasteiger partial charge in [0, 0.05) is 46.3 Å². The summed E-state index contributed by atoms with van der Waals surface area (Å²) in [5.41, 5.74) is 1.21. The van der Waals surface area contributed by atoms with Crippen molar-refractivity contribution in [2.75, 3.05) is 60.0 Å². The molecule has 1 heterocycles. The molecule has 0 saturated carbocycles. The molecule has 1 fully saturated rings. The van der Waals surface area contributed by atoms with E-state index in [2.05, 4.69) is 44.5 Å². The van der Waals surface area contributed by atoms with Gasteiger partial charge in [0.15, 0.2) is 5.96 Å². The smallest absolute Gasteiger partial charge is 0.191 e. The van der Waals surface area contributed by atoms with Crippen molar-refractivity contribution in [2.45, 2.75) is 26.3 Å². The van der Waals surface area contributed by atoms with Gasteiger partial charge in [-0.25, -0.2) is 0 Å². The molecule has 0 atom stereocenters. The van der Waals surface area contributed by atoms with Crippen molar-refractivity contribution in [3.05, 3.63) is 29.8 Å². The number of halogens is 1. The van der Waals surface area contributed by atoms with Crippen LogP contribution in [0.25, 0.3) is 0 Å². The number of unbranched alkanes of at least 4 members (excludes halogenated alkanes) is 1. The minimum Gasteiger partial charge on any atom is -0.497 e. The quantitative estimate of drug-likeness (QED) is 0.242. The average molecular weight is 489 g/mol. The van der Waals surface area contributed by atoms with Crippen LogP contribution >= 0.6 is 24.0 Å². The van der Waals surface area contributed by atoms with E-state index in [4.69, 9.17) is 4.74 Å². The Morgan fingerprint density at radius 1 is 1.04 bits per heavy atom. The van der Waals surface area contributed by atoms with E-state index in [1.54, 1.807) is 7.11 Å². The van der Waals surface area contributed by atoms with Gasteiger partial charge in [-0.1, -0.05) is 19.1 Å². The molecule has 0 aromatic heterocycles. The fraction of sp³-hybridized carbons (Fsp3) is 0.650. The lowest BCUT2D eigenvalue weighted by Crippen LogP contribution is -2.46. The average Bonchev–Trinajstić information content (AvgIpc) is 2.71. The summed E-state index contributed by atoms with van der Waals surface area (Å²) in [5.74, 6) is 1.74. The Morgan fingerprint density at radius 2 is 1.70 bits per heavy atom. The van der Waals surface area contributed by atoms with E-state index >= 15 is 0 Å². The first-order valence-electron chi connectivity index (χ1n) is 9.77. The predicted octanol–water partition coefficient (Wildman–Crippen LogP) is 2.40. The molecule has 0 aliphatic carbocycles. The second-order valence-electron chi connectivity index (χ2n) is 6.68. The number of hydrogen-bond acceptors (Lipinski definition) is 4. The molecule has 1 aromatic carbocycles. The van der Waals surface area contributed by atoms with Crippen molar-refractivity contribution >= 4 is 29.9 Å². The van der Waals surface area contributed by atoms with Crippen molar-refractivity contribution in [1.29, 1.82) is 0 Å². The molecule has 1 aliphatic heterocycles. The molecule has 7 heteroatoms. The number of aliphatic imine (C=N–C) groups is 1. The third-order valence-corrected chi connectivity index (χ3v) is 4.95. The van der Waals surface area contributed by atoms with Crippen LogP contribution in [0.5, 0.6) is 5.75 Å². The Hall–Kier alpha value is -1.06. The van der Waals surface area contributed by atoms with Crippen LogP contribution in [0.4, 0.5) is 0 Å². The molecule has 1 aromatic rings. The van der Waals surface area contributed by atoms with Gasteiger partial charge in [0.05, 0.1) is 7.11 Å². The predicted molar refractivity (Wildman–Crippen MR) is 124 cm³/mol. The van der Waals surface area contributed by atoms with Gasteiger partial charge in [0.25, 0.3) is 0 Å². The summed E-state index contributed by atoms with van der Waals surface area (Å²) in [5, 5.41) is 6.76. The molecule has 154 valence electrons. The highest BCUT2D eigenvalue weighted by molar-refractivity contribution is 14.0. The molecule has 1 aliphatic rings. The van der Waals surface area contributed by atoms with E-state index in [1.165, 1.54) is 51.3 Å². The van der Waals surface area contributed by atoms with Crippen LogP contribution in [0, 0.1) is 0 Å². The van der Waals surface area contributed by atoms with Gasteiger partial charge in [-0.2, -0.15) is 0 Å². The molecule has 0 unspecified atom stereocenters. The molecule has 0 bridgehead atoms. The zero-order valence-electron chi connectivity index (χ0n) is 17.0. The van der Waals surface area contributed by atoms with Gasteiger partial charge in [-0.15, -0.1) is 24.0 Å². The largest absolute Gasteiger partial charge is 0.497 e. The Bertz CT molecular complexity index is 530. The molecular formula is C20H36IN5O. The third kappa shape index (κ3) is 9.12. The summed E-state index contributed by atoms with van der Waals surface area (Å²) in [6, 6.07) is 8.09. The van der Waals surface area contributed by atoms with Crippen LogP contribution < -0.4 is 15.4 Å². The number of rotatable bonds is 9. The summed E-state index contributed by atoms with van der Waals surface area (Å²) in [6.45, 7) is 11.2. The SMILES string of the molecule is CCN1CCN(CCCCNC(=NC)NCc2ccc(OC)cc2)CC1.I. The zero-order valence-corrected chi connectivity index (χ0v) is 19.4. The Labute approximate surface area is 181 Å². The number of benzene rings is 1. The first kappa shape index (κ1) is 24.0. The van der Waals surface area contributed by atoms with Crippen LogP contribution in [0.2, 0.25) is 0 Å². The molecular weight excluding hydrogens is 453 g/mol. The minimum absolute atomic E-state index is 0. The fourth-order valence-electron chi connectivity index (χ4n) is 3.15. The van der Waals surface area contributed by atoms with E-state index in [0.717, 1.165) is 31.2 Å². The van der Waals surface area contributed by atoms with Crippen molar-refractivity contribution in [2.24, 2.45) is 4.99 Å². The van der Waals surface area contributed by atoms with Gasteiger partial charge >= 0.3 is 0 Å². The standard InChI is InChI=1S/C20H35N5O.HI/c1-4-24-13-15-25(16-14-24)12-6-5-11-22-20(21-2)23-17-18-7-9-19(26-3)10-8-18;/h7-10H,4-6,11-17H2,1-3H3,(H2,21,22,23);1H. The monoisotopic (exact) mass is 489 g/mol. The Balaban J connectivity index is 0.00000364. The highest BCUT2D eigenvalue weighted by Crippen LogP contribution is 2.10. The molecule has 27 heavy (non-hydrogen) atoms. The maximum absolute atomic E-state index is 5.18. The van der Waals surface area contributed by atoms with E-state index in [-0.39, 0.29) is 24.0 Å². The van der Waals surface area contributed by atoms with Crippen LogP contribution in [0.3, 0.4) is 0 Å². The van der Waals surface area contributed by atoms with Crippen LogP contribution in [-0.2, 0) is 6.54 Å². The number of piperazine rings is 1. The third-order valence-electron chi connectivity index (χ3n) is 4.95. The summed E-state index contributed by atoms with van der Waals surface area (Å²) in [6.07, 6.45) is 2.39. The molecule has 1 saturated heterocycles. The van der Waals surface area contributed by atoms with Gasteiger partial charge < -0.3 is 25.2 Å². The fourth-order valence-corrected chi connectivity index (χ4v) is 3.15. The van der Waals surface area contributed by atoms with Gasteiger partial charge in [0.2, 0.25) is 0 Å². The molecule has 0 amide bonds. The number of guanidine groups is 1. The van der Waals surface area contributed by atoms with Crippen molar-refractivity contribution in [1.82, 2.24) is 20.4 Å². The van der Waals surface area contributed by atoms with Crippen LogP contribution in [0.15, 0.2) is 29.3 Å². The number of ether oxygens (including phenoxy) is 1. The highest BCUT2D eigenvalue weighted by atomic mass is 127. The van der Waals surface area contributed by atoms with Crippen LogP contribution in [-0.4, -0.2) is 75.7 Å². The molecule has 6 nitrogen and oxygen atoms in total. The summed E-state index contributed by atoms with van der Waals surface area (Å²) in [7, 11) is 3.50. The summed E-state index contributed by atoms with van der Waals surface area (Å²) < 4.78 is 5.18. The minimum atomic E-state index is 0. The first-order chi connectivity index (χ1) is 12.7. The molecule has 0 radical (unpaired) electrons. The number of hydrogen-bond donors (Lipinski definition) is 2. The van der Waals surface area contributed by atoms with Crippen molar-refractivity contribution in [3.63, 3.8) is 0 Å². The lowest BCUT2D eigenvalue weighted by molar-refractivity contribution is 0.136. The maximum Gasteiger partial charge on any atom is 0.191 e. The Morgan fingerprint density at radius 3 is 2.30 bits per heavy atom. The number of likely N-dealkylation sites (N-methyl/N-ethyl adjacent to an activating group) is 1. The Kier molecular flexibility index (Phi) is 12.4. The lowest BCUT2D eigenvalue weighted by atomic mass is 10.2. The topological polar surface area (TPSA) is 52.1 Å². The highest BCUT2D eigenvalue weighted by Gasteiger charge is 2.14. The van der Waals surface area contributed by atoms with E-state index in [9.17, 15) is 0 Å². The maximum atomic E-state index is 5.18. The second-order valence-corrected chi connectivity index (χ2v) is 6.68. The summed E-state index contributed by atoms with van der Waals surface area (Å²) >= 11 is 0. The first-order valence-corrected chi connectivity index (χ1v) is 9.77. The zero-order chi connectivity index (χ0) is 18.6. The molecule has 0 spiro atoms. The van der Waals surface area contributed by atoms with Crippen molar-refractivity contribution in [3.8, 4) is 5.75 Å². The van der Waals surface area contributed by atoms with Gasteiger partial charge in [-0.3, -0.25) is 4.99 Å². The number of nitrogens with zero attached hydrogens (tertiary/aromatic N) is 3. The molecule has 2 N–H and O–H groups in total. The lowest BCUT2D eigenvalue weighted by Gasteiger charge is -2.34. The number of nitrogens with one attached hydrogen (secondary N) is 2. The van der Waals surface area contributed by atoms with E-state index in [0.29, 0.717) is 0 Å². The summed E-state index contributed by atoms with van der Waals surface area (Å²) in [4.78, 5) is 9.41. The number of methoxy groups -OCH3 is 1. The van der Waals surface area contributed by atoms with E-state index in [1.807, 2.05) is 19.2 Å². The normalized spacial score (nSPS) is 15.9.